The number of nitrogens with two attached hydrogens (primary N) is 1. The van der Waals surface area contributed by atoms with Gasteiger partial charge in [-0.15, -0.1) is 0 Å². The van der Waals surface area contributed by atoms with E-state index in [9.17, 15) is 35.9 Å². The quantitative estimate of drug-likeness (QED) is 0.0917. The number of benzene rings is 2. The summed E-state index contributed by atoms with van der Waals surface area (Å²) in [7, 11) is 0. The van der Waals surface area contributed by atoms with Crippen molar-refractivity contribution in [3.63, 3.8) is 0 Å². The maximum Gasteiger partial charge on any atom is 0.420 e. The van der Waals surface area contributed by atoms with Crippen LogP contribution >= 0.6 is 34.8 Å². The number of nitrogen functional groups attached to an aromatic ring is 1. The van der Waals surface area contributed by atoms with Crippen LogP contribution in [0, 0.1) is 0 Å². The van der Waals surface area contributed by atoms with Crippen LogP contribution in [0.15, 0.2) is 60.9 Å². The van der Waals surface area contributed by atoms with Crippen molar-refractivity contribution >= 4 is 52.7 Å². The standard InChI is InChI=1S/C22H25ClF3N3O2.C16H24N2O2.C5HCl2F3N2.F2.FH/c1-21(2,3)31-20(30)29-10-8-16(9-11-29)15-6-4-14(5-7-15)12-18-27-13-17(19(23)28-18)22(24,25)26;1-16(2,3)20-15(19)18-10-8-13(9-11-18)12-4-6-14(17)7-5-12;6-3-2(5(8,9)10)1-11-4(7)12-3;1-2;/h4-7,13,16H,8-12H2,1-3H3;4-7,13H,8-11,17H2,1-3H3;1H;;1H. The summed E-state index contributed by atoms with van der Waals surface area (Å²) in [6.45, 7) is 14.0. The summed E-state index contributed by atoms with van der Waals surface area (Å²) in [5.74, 6) is 1.08. The van der Waals surface area contributed by atoms with Gasteiger partial charge in [0, 0.05) is 59.8 Å². The molecule has 4 aromatic rings. The number of halogens is 12. The van der Waals surface area contributed by atoms with Gasteiger partial charge in [-0.05, 0) is 119 Å². The van der Waals surface area contributed by atoms with Gasteiger partial charge < -0.3 is 25.0 Å². The number of amides is 2. The molecule has 2 aliphatic heterocycles. The van der Waals surface area contributed by atoms with E-state index >= 15 is 0 Å². The van der Waals surface area contributed by atoms with Crippen LogP contribution in [-0.2, 0) is 28.2 Å². The highest BCUT2D eigenvalue weighted by atomic mass is 35.5. The topological polar surface area (TPSA) is 137 Å². The van der Waals surface area contributed by atoms with E-state index in [1.54, 1.807) is 9.80 Å². The van der Waals surface area contributed by atoms with Gasteiger partial charge in [0.2, 0.25) is 5.28 Å². The number of ether oxygens (including phenoxy) is 2. The van der Waals surface area contributed by atoms with Gasteiger partial charge in [-0.2, -0.15) is 26.3 Å². The van der Waals surface area contributed by atoms with E-state index in [2.05, 4.69) is 32.1 Å². The number of piperidine rings is 2. The molecule has 2 aliphatic rings. The summed E-state index contributed by atoms with van der Waals surface area (Å²) in [5, 5.41) is -1.60. The van der Waals surface area contributed by atoms with Crippen molar-refractivity contribution in [2.45, 2.75) is 109 Å². The normalized spacial score (nSPS) is 14.8. The maximum absolute atomic E-state index is 12.8. The maximum atomic E-state index is 12.8. The van der Waals surface area contributed by atoms with Gasteiger partial charge in [-0.1, -0.05) is 59.6 Å². The molecule has 0 spiro atoms. The Bertz CT molecular complexity index is 2140. The molecule has 0 saturated carbocycles. The molecule has 6 rings (SSSR count). The molecule has 366 valence electrons. The molecular weight excluding hydrogens is 956 g/mol. The molecule has 4 heterocycles. The van der Waals surface area contributed by atoms with Gasteiger partial charge in [0.25, 0.3) is 0 Å². The average molecular weight is 1010 g/mol. The summed E-state index contributed by atoms with van der Waals surface area (Å²) >= 11 is 16.0. The predicted octanol–water partition coefficient (Wildman–Crippen LogP) is 13.0. The van der Waals surface area contributed by atoms with Crippen LogP contribution in [0.4, 0.5) is 55.5 Å². The second-order valence-electron chi connectivity index (χ2n) is 16.9. The first-order valence-electron chi connectivity index (χ1n) is 20.1. The van der Waals surface area contributed by atoms with Gasteiger partial charge in [0.05, 0.1) is 0 Å². The highest BCUT2D eigenvalue weighted by Gasteiger charge is 2.36. The lowest BCUT2D eigenvalue weighted by Gasteiger charge is -2.33. The largest absolute Gasteiger partial charge is 0.444 e. The third-order valence-corrected chi connectivity index (χ3v) is 10.4. The second kappa shape index (κ2) is 24.8. The van der Waals surface area contributed by atoms with Crippen molar-refractivity contribution in [1.82, 2.24) is 29.7 Å². The third-order valence-electron chi connectivity index (χ3n) is 9.63. The summed E-state index contributed by atoms with van der Waals surface area (Å²) in [5.41, 5.74) is 6.79. The number of anilines is 1. The molecule has 0 unspecified atom stereocenters. The van der Waals surface area contributed by atoms with Crippen molar-refractivity contribution < 1.29 is 59.3 Å². The molecule has 0 atom stereocenters. The van der Waals surface area contributed by atoms with E-state index in [0.717, 1.165) is 56.2 Å². The smallest absolute Gasteiger partial charge is 0.420 e. The van der Waals surface area contributed by atoms with Gasteiger partial charge in [0.1, 0.15) is 38.5 Å². The van der Waals surface area contributed by atoms with Crippen molar-refractivity contribution in [1.29, 1.82) is 0 Å². The number of hydrogen-bond acceptors (Lipinski definition) is 9. The van der Waals surface area contributed by atoms with E-state index in [1.807, 2.05) is 77.9 Å². The summed E-state index contributed by atoms with van der Waals surface area (Å²) in [6, 6.07) is 15.9. The molecule has 2 amide bonds. The molecule has 66 heavy (non-hydrogen) atoms. The number of rotatable bonds is 4. The highest BCUT2D eigenvalue weighted by Crippen LogP contribution is 2.35. The minimum Gasteiger partial charge on any atom is -0.444 e. The fraction of sp³-hybridized carbons (Fsp3) is 0.488. The Hall–Kier alpha value is -4.82. The van der Waals surface area contributed by atoms with Crippen molar-refractivity contribution in [2.75, 3.05) is 31.9 Å². The van der Waals surface area contributed by atoms with Gasteiger partial charge in [-0.3, -0.25) is 4.70 Å². The molecule has 23 heteroatoms. The van der Waals surface area contributed by atoms with Gasteiger partial charge in [-0.25, -0.2) is 29.5 Å². The van der Waals surface area contributed by atoms with Crippen LogP contribution in [0.2, 0.25) is 15.6 Å². The first kappa shape index (κ1) is 57.3. The minimum absolute atomic E-state index is 0. The molecule has 2 N–H and O–H groups in total. The molecule has 0 aliphatic carbocycles. The van der Waals surface area contributed by atoms with Gasteiger partial charge >= 0.3 is 24.5 Å². The van der Waals surface area contributed by atoms with E-state index < -0.39 is 45.0 Å². The van der Waals surface area contributed by atoms with Crippen molar-refractivity contribution in [3.8, 4) is 0 Å². The minimum atomic E-state index is -4.57. The Morgan fingerprint density at radius 3 is 1.35 bits per heavy atom. The third kappa shape index (κ3) is 18.8. The second-order valence-corrected chi connectivity index (χ2v) is 18.0. The van der Waals surface area contributed by atoms with Crippen LogP contribution in [-0.4, -0.2) is 79.3 Å². The Balaban J connectivity index is 0.000000366. The number of carbonyl (C=O) groups excluding carboxylic acids is 2. The van der Waals surface area contributed by atoms with Crippen LogP contribution in [0.25, 0.3) is 0 Å². The van der Waals surface area contributed by atoms with E-state index in [1.165, 1.54) is 11.1 Å². The molecule has 2 aromatic carbocycles. The molecule has 0 radical (unpaired) electrons. The van der Waals surface area contributed by atoms with E-state index in [-0.39, 0.29) is 34.4 Å². The van der Waals surface area contributed by atoms with Gasteiger partial charge in [0.15, 0.2) is 0 Å². The Morgan fingerprint density at radius 2 is 1.00 bits per heavy atom. The number of hydrogen-bond donors (Lipinski definition) is 1. The molecule has 2 aromatic heterocycles. The lowest BCUT2D eigenvalue weighted by molar-refractivity contribution is -0.138. The zero-order chi connectivity index (χ0) is 48.9. The van der Waals surface area contributed by atoms with E-state index in [0.29, 0.717) is 31.1 Å². The van der Waals surface area contributed by atoms with Crippen LogP contribution in [0.1, 0.15) is 113 Å². The SMILES string of the molecule is CC(C)(C)OC(=O)N1CCC(c2ccc(Cc3ncc(C(F)(F)F)c(Cl)n3)cc2)CC1.CC(C)(C)OC(=O)N1CCC(c2ccc(N)cc2)CC1.F.FC(F)(F)c1cnc(Cl)nc1Cl.FF. The molecule has 11 nitrogen and oxygen atoms in total. The first-order chi connectivity index (χ1) is 30.2. The van der Waals surface area contributed by atoms with Crippen LogP contribution in [0.3, 0.4) is 0 Å². The molecule has 2 saturated heterocycles. The lowest BCUT2D eigenvalue weighted by atomic mass is 9.89. The lowest BCUT2D eigenvalue weighted by Crippen LogP contribution is -2.41. The van der Waals surface area contributed by atoms with Crippen molar-refractivity contribution in [2.24, 2.45) is 0 Å². The summed E-state index contributed by atoms with van der Waals surface area (Å²) < 4.78 is 101. The fourth-order valence-corrected chi connectivity index (χ4v) is 7.17. The zero-order valence-electron chi connectivity index (χ0n) is 36.8. The predicted molar refractivity (Wildman–Crippen MR) is 233 cm³/mol. The monoisotopic (exact) mass is 1010 g/mol. The first-order valence-corrected chi connectivity index (χ1v) is 21.2. The van der Waals surface area contributed by atoms with Crippen molar-refractivity contribution in [3.05, 3.63) is 110 Å². The summed E-state index contributed by atoms with van der Waals surface area (Å²) in [6.07, 6.45) is -4.41. The molecule has 0 bridgehead atoms. The summed E-state index contributed by atoms with van der Waals surface area (Å²) in [4.78, 5) is 41.6. The number of carbonyl (C=O) groups is 2. The highest BCUT2D eigenvalue weighted by molar-refractivity contribution is 6.32. The number of alkyl halides is 6. The Kier molecular flexibility index (Phi) is 21.5. The molecular formula is C43H51Cl3F9N7O4. The Labute approximate surface area is 391 Å². The zero-order valence-corrected chi connectivity index (χ0v) is 39.0. The number of nitrogens with zero attached hydrogens (tertiary/aromatic N) is 6. The average Bonchev–Trinajstić information content (AvgIpc) is 3.21. The Morgan fingerprint density at radius 1 is 0.636 bits per heavy atom. The van der Waals surface area contributed by atoms with Crippen LogP contribution < -0.4 is 5.73 Å². The fourth-order valence-electron chi connectivity index (χ4n) is 6.50. The number of aromatic nitrogens is 4. The molecule has 2 fully saturated rings. The van der Waals surface area contributed by atoms with E-state index in [4.69, 9.17) is 59.2 Å². The number of likely N-dealkylation sites (tertiary alicyclic amines) is 2. The van der Waals surface area contributed by atoms with Crippen LogP contribution in [0.5, 0.6) is 0 Å².